The Morgan fingerprint density at radius 1 is 1.11 bits per heavy atom. The van der Waals surface area contributed by atoms with Gasteiger partial charge in [0.15, 0.2) is 0 Å². The highest BCUT2D eigenvalue weighted by atomic mass is 127. The van der Waals surface area contributed by atoms with Crippen molar-refractivity contribution in [1.29, 1.82) is 0 Å². The van der Waals surface area contributed by atoms with E-state index < -0.39 is 0 Å². The van der Waals surface area contributed by atoms with Crippen LogP contribution in [0.25, 0.3) is 0 Å². The van der Waals surface area contributed by atoms with Gasteiger partial charge in [-0.3, -0.25) is 0 Å². The summed E-state index contributed by atoms with van der Waals surface area (Å²) in [6, 6.07) is 0.824. The fourth-order valence-corrected chi connectivity index (χ4v) is 4.46. The Morgan fingerprint density at radius 3 is 2.42 bits per heavy atom. The average Bonchev–Trinajstić information content (AvgIpc) is 2.37. The maximum absolute atomic E-state index is 3.78. The molecule has 1 unspecified atom stereocenters. The van der Waals surface area contributed by atoms with Crippen LogP contribution in [-0.4, -0.2) is 21.4 Å². The molecule has 3 heteroatoms. The third kappa shape index (κ3) is 7.84. The highest BCUT2D eigenvalue weighted by Gasteiger charge is 2.26. The number of nitrogens with one attached hydrogen (secondary N) is 1. The van der Waals surface area contributed by atoms with Crippen LogP contribution in [0.4, 0.5) is 0 Å². The minimum absolute atomic E-state index is 0.824. The molecular weight excluding hydrogens is 460 g/mol. The topological polar surface area (TPSA) is 12.0 Å². The summed E-state index contributed by atoms with van der Waals surface area (Å²) in [6.07, 6.45) is 9.98. The van der Waals surface area contributed by atoms with E-state index in [9.17, 15) is 0 Å². The van der Waals surface area contributed by atoms with E-state index in [4.69, 9.17) is 0 Å². The van der Waals surface area contributed by atoms with E-state index in [-0.39, 0.29) is 0 Å². The molecule has 0 radical (unpaired) electrons. The molecule has 1 fully saturated rings. The molecule has 0 heterocycles. The van der Waals surface area contributed by atoms with Crippen LogP contribution < -0.4 is 5.32 Å². The Morgan fingerprint density at radius 2 is 1.89 bits per heavy atom. The molecule has 19 heavy (non-hydrogen) atoms. The van der Waals surface area contributed by atoms with Gasteiger partial charge in [0.05, 0.1) is 0 Å². The van der Waals surface area contributed by atoms with Crippen LogP contribution >= 0.6 is 45.2 Å². The molecule has 0 saturated heterocycles. The maximum Gasteiger partial charge on any atom is 0.00929 e. The van der Waals surface area contributed by atoms with Crippen molar-refractivity contribution in [2.24, 2.45) is 17.8 Å². The number of hydrogen-bond donors (Lipinski definition) is 1. The Labute approximate surface area is 147 Å². The molecule has 1 N–H and O–H groups in total. The molecule has 4 atom stereocenters. The van der Waals surface area contributed by atoms with Crippen LogP contribution in [0.2, 0.25) is 0 Å². The van der Waals surface area contributed by atoms with E-state index in [0.29, 0.717) is 0 Å². The molecule has 1 aliphatic rings. The van der Waals surface area contributed by atoms with Gasteiger partial charge in [-0.15, -0.1) is 0 Å². The van der Waals surface area contributed by atoms with Crippen molar-refractivity contribution >= 4 is 45.2 Å². The quantitative estimate of drug-likeness (QED) is 0.231. The molecule has 114 valence electrons. The molecule has 1 rings (SSSR count). The Balaban J connectivity index is 2.15. The molecule has 0 aromatic rings. The van der Waals surface area contributed by atoms with Crippen LogP contribution in [0.3, 0.4) is 0 Å². The summed E-state index contributed by atoms with van der Waals surface area (Å²) in [5, 5.41) is 3.78. The standard InChI is InChI=1S/C16H31I2N/c1-13(12-19-16-7-6-14(16)2)11-15(8-10-18)5-3-4-9-17/h13-16,19H,3-12H2,1-2H3/t13-,14-,15?,16+/m0/s1. The Hall–Kier alpha value is 1.42. The van der Waals surface area contributed by atoms with Gasteiger partial charge in [0.1, 0.15) is 0 Å². The Kier molecular flexibility index (Phi) is 10.7. The lowest BCUT2D eigenvalue weighted by molar-refractivity contribution is 0.215. The molecule has 1 aliphatic carbocycles. The van der Waals surface area contributed by atoms with E-state index >= 15 is 0 Å². The first kappa shape index (κ1) is 18.5. The van der Waals surface area contributed by atoms with Crippen LogP contribution in [0.1, 0.15) is 58.8 Å². The molecule has 0 amide bonds. The van der Waals surface area contributed by atoms with Gasteiger partial charge in [-0.25, -0.2) is 0 Å². The SMILES string of the molecule is C[C@H](CN[C@@H]1CC[C@@H]1C)CC(CCI)CCCCI. The monoisotopic (exact) mass is 491 g/mol. The predicted molar refractivity (Wildman–Crippen MR) is 104 cm³/mol. The minimum atomic E-state index is 0.824. The van der Waals surface area contributed by atoms with Gasteiger partial charge in [-0.05, 0) is 65.3 Å². The van der Waals surface area contributed by atoms with Gasteiger partial charge in [0.2, 0.25) is 0 Å². The fourth-order valence-electron chi connectivity index (χ4n) is 3.04. The zero-order valence-corrected chi connectivity index (χ0v) is 17.0. The van der Waals surface area contributed by atoms with Gasteiger partial charge in [0, 0.05) is 6.04 Å². The van der Waals surface area contributed by atoms with Crippen molar-refractivity contribution in [3.63, 3.8) is 0 Å². The molecule has 0 aromatic heterocycles. The predicted octanol–water partition coefficient (Wildman–Crippen LogP) is 5.45. The smallest absolute Gasteiger partial charge is 0.00929 e. The van der Waals surface area contributed by atoms with E-state index in [2.05, 4.69) is 64.3 Å². The second kappa shape index (κ2) is 11.0. The van der Waals surface area contributed by atoms with E-state index in [1.54, 1.807) is 0 Å². The summed E-state index contributed by atoms with van der Waals surface area (Å²) in [7, 11) is 0. The summed E-state index contributed by atoms with van der Waals surface area (Å²) in [5.74, 6) is 2.73. The van der Waals surface area contributed by atoms with Crippen LogP contribution in [0.15, 0.2) is 0 Å². The zero-order valence-electron chi connectivity index (χ0n) is 12.6. The summed E-state index contributed by atoms with van der Waals surface area (Å²) in [6.45, 7) is 6.06. The first-order valence-corrected chi connectivity index (χ1v) is 11.1. The first-order chi connectivity index (χ1) is 9.17. The van der Waals surface area contributed by atoms with Gasteiger partial charge in [0.25, 0.3) is 0 Å². The maximum atomic E-state index is 3.78. The molecule has 1 saturated carbocycles. The highest BCUT2D eigenvalue weighted by Crippen LogP contribution is 2.27. The molecule has 0 bridgehead atoms. The second-order valence-corrected chi connectivity index (χ2v) is 8.60. The van der Waals surface area contributed by atoms with Crippen molar-refractivity contribution in [2.75, 3.05) is 15.4 Å². The zero-order chi connectivity index (χ0) is 14.1. The van der Waals surface area contributed by atoms with Crippen molar-refractivity contribution in [2.45, 2.75) is 64.8 Å². The highest BCUT2D eigenvalue weighted by molar-refractivity contribution is 14.1. The molecular formula is C16H31I2N. The van der Waals surface area contributed by atoms with Crippen molar-refractivity contribution in [3.05, 3.63) is 0 Å². The Bertz CT molecular complexity index is 223. The van der Waals surface area contributed by atoms with Gasteiger partial charge in [-0.1, -0.05) is 71.9 Å². The normalized spacial score (nSPS) is 25.9. The largest absolute Gasteiger partial charge is 0.313 e. The van der Waals surface area contributed by atoms with Crippen LogP contribution in [0, 0.1) is 17.8 Å². The van der Waals surface area contributed by atoms with E-state index in [0.717, 1.165) is 23.8 Å². The van der Waals surface area contributed by atoms with E-state index in [1.807, 2.05) is 0 Å². The molecule has 0 aromatic carbocycles. The van der Waals surface area contributed by atoms with Crippen LogP contribution in [0.5, 0.6) is 0 Å². The lowest BCUT2D eigenvalue weighted by atomic mass is 9.80. The third-order valence-electron chi connectivity index (χ3n) is 4.60. The number of hydrogen-bond acceptors (Lipinski definition) is 1. The second-order valence-electron chi connectivity index (χ2n) is 6.44. The average molecular weight is 491 g/mol. The van der Waals surface area contributed by atoms with Gasteiger partial charge in [-0.2, -0.15) is 0 Å². The lowest BCUT2D eigenvalue weighted by Crippen LogP contribution is -2.44. The first-order valence-electron chi connectivity index (χ1n) is 8.02. The molecule has 0 aliphatic heterocycles. The summed E-state index contributed by atoms with van der Waals surface area (Å²) < 4.78 is 2.65. The molecule has 1 nitrogen and oxygen atoms in total. The number of halogens is 2. The molecule has 0 spiro atoms. The fraction of sp³-hybridized carbons (Fsp3) is 1.00. The summed E-state index contributed by atoms with van der Waals surface area (Å²) in [4.78, 5) is 0. The minimum Gasteiger partial charge on any atom is -0.313 e. The third-order valence-corrected chi connectivity index (χ3v) is 5.98. The summed E-state index contributed by atoms with van der Waals surface area (Å²) >= 11 is 5.05. The number of rotatable bonds is 11. The number of unbranched alkanes of at least 4 members (excludes halogenated alkanes) is 1. The van der Waals surface area contributed by atoms with Crippen molar-refractivity contribution < 1.29 is 0 Å². The van der Waals surface area contributed by atoms with Crippen molar-refractivity contribution in [1.82, 2.24) is 5.32 Å². The van der Waals surface area contributed by atoms with E-state index in [1.165, 1.54) is 60.3 Å². The van der Waals surface area contributed by atoms with Gasteiger partial charge < -0.3 is 5.32 Å². The summed E-state index contributed by atoms with van der Waals surface area (Å²) in [5.41, 5.74) is 0. The van der Waals surface area contributed by atoms with Crippen molar-refractivity contribution in [3.8, 4) is 0 Å². The lowest BCUT2D eigenvalue weighted by Gasteiger charge is -2.35. The number of alkyl halides is 2. The van der Waals surface area contributed by atoms with Crippen LogP contribution in [-0.2, 0) is 0 Å². The van der Waals surface area contributed by atoms with Gasteiger partial charge >= 0.3 is 0 Å².